The third-order valence-corrected chi connectivity index (χ3v) is 21.8. The molecule has 1 aromatic heterocycles. The van der Waals surface area contributed by atoms with E-state index < -0.39 is 156 Å². The van der Waals surface area contributed by atoms with Gasteiger partial charge in [0.1, 0.15) is 78.8 Å². The van der Waals surface area contributed by atoms with Gasteiger partial charge < -0.3 is 127 Å². The minimum Gasteiger partial charge on any atom is -0.508 e. The van der Waals surface area contributed by atoms with E-state index in [2.05, 4.69) is 63.5 Å². The molecule has 12 atom stereocenters. The molecule has 41 nitrogen and oxygen atoms in total. The van der Waals surface area contributed by atoms with Crippen LogP contribution in [0.15, 0.2) is 54.7 Å². The summed E-state index contributed by atoms with van der Waals surface area (Å²) in [6, 6.07) is -1.28. The van der Waals surface area contributed by atoms with E-state index in [9.17, 15) is 48.6 Å². The number of para-hydroxylation sites is 1. The van der Waals surface area contributed by atoms with Crippen LogP contribution < -0.4 is 87.2 Å². The minimum absolute atomic E-state index is 0.00140. The molecule has 0 unspecified atom stereocenters. The van der Waals surface area contributed by atoms with Gasteiger partial charge in [0.15, 0.2) is 23.8 Å². The number of likely N-dealkylation sites (tertiary alicyclic amines) is 5. The zero-order valence-corrected chi connectivity index (χ0v) is 66.9. The van der Waals surface area contributed by atoms with Crippen LogP contribution in [0.3, 0.4) is 0 Å². The van der Waals surface area contributed by atoms with Crippen LogP contribution in [-0.4, -0.2) is 278 Å². The molecule has 8 rings (SSSR count). The topological polar surface area (TPSA) is 652 Å². The first-order chi connectivity index (χ1) is 56.3. The lowest BCUT2D eigenvalue weighted by atomic mass is 9.99. The number of aromatic amines is 1. The monoisotopic (exact) mass is 1650 g/mol. The molecule has 0 aliphatic carbocycles. The molecule has 0 bridgehead atoms. The molecule has 41 heteroatoms. The number of H-pyrrole nitrogens is 1. The van der Waals surface area contributed by atoms with Gasteiger partial charge in [-0.1, -0.05) is 44.2 Å². The molecule has 12 amide bonds. The molecule has 5 aliphatic rings. The molecule has 3 aromatic rings. The quantitative estimate of drug-likeness (QED) is 0.0147. The summed E-state index contributed by atoms with van der Waals surface area (Å²) in [7, 11) is 0. The van der Waals surface area contributed by atoms with Crippen LogP contribution in [0.2, 0.25) is 0 Å². The predicted molar refractivity (Wildman–Crippen MR) is 434 cm³/mol. The summed E-state index contributed by atoms with van der Waals surface area (Å²) in [5.41, 5.74) is 30.1. The first kappa shape index (κ1) is 91.5. The Morgan fingerprint density at radius 1 is 0.449 bits per heavy atom. The normalized spacial score (nSPS) is 19.5. The van der Waals surface area contributed by atoms with E-state index in [0.717, 1.165) is 10.9 Å². The summed E-state index contributed by atoms with van der Waals surface area (Å²) in [5.74, 6) is -10.9. The van der Waals surface area contributed by atoms with E-state index in [1.807, 2.05) is 32.0 Å². The number of phenols is 1. The SMILES string of the molecule is CC(C)C[C@H](NC(=O)[C@H](Cc1ccc(O)cc1)NC(=O)[C@@H]1CCCN1C(=O)[C@@H]1CCCN1C(=O)[C@@H]1CCCN1C(=O)[C@@H]1CCCN1C(=O)[C@H](CCCNC(=N)N)NC(=O)[C@H](CCCNC(=N)N)NC(=O)[C@@H](N)CCCNC(=N)N)C(=O)N1CCC[C@H]1C(=O)N[C@@H](CCCNC(=N)N)C(=O)N[C@@H](Cc1c[nH]c2ccccc12)C(=O)NCC(=O)O. The second kappa shape index (κ2) is 44.3. The summed E-state index contributed by atoms with van der Waals surface area (Å²) in [6.07, 6.45) is 5.47. The van der Waals surface area contributed by atoms with Crippen LogP contribution in [0, 0.1) is 27.6 Å². The third-order valence-electron chi connectivity index (χ3n) is 21.8. The van der Waals surface area contributed by atoms with E-state index in [4.69, 9.17) is 50.3 Å². The van der Waals surface area contributed by atoms with Gasteiger partial charge in [-0.3, -0.25) is 84.0 Å². The van der Waals surface area contributed by atoms with Crippen LogP contribution in [0.5, 0.6) is 5.75 Å². The maximum absolute atomic E-state index is 15.1. The number of aliphatic carboxylic acids is 1. The van der Waals surface area contributed by atoms with E-state index >= 15 is 24.0 Å². The molecule has 0 radical (unpaired) electrons. The van der Waals surface area contributed by atoms with Crippen LogP contribution in [0.1, 0.15) is 147 Å². The number of carbonyl (C=O) groups is 13. The Labute approximate surface area is 683 Å². The summed E-state index contributed by atoms with van der Waals surface area (Å²) in [6.45, 7) is 4.15. The lowest BCUT2D eigenvalue weighted by Crippen LogP contribution is -2.60. The van der Waals surface area contributed by atoms with Crippen molar-refractivity contribution in [1.29, 1.82) is 21.6 Å². The zero-order valence-electron chi connectivity index (χ0n) is 66.9. The fourth-order valence-corrected chi connectivity index (χ4v) is 15.9. The average molecular weight is 1650 g/mol. The van der Waals surface area contributed by atoms with Crippen LogP contribution in [-0.2, 0) is 75.2 Å². The lowest BCUT2D eigenvalue weighted by molar-refractivity contribution is -0.153. The van der Waals surface area contributed by atoms with Crippen molar-refractivity contribution in [2.45, 2.75) is 221 Å². The van der Waals surface area contributed by atoms with Crippen molar-refractivity contribution in [2.75, 3.05) is 65.4 Å². The van der Waals surface area contributed by atoms with Gasteiger partial charge in [0.25, 0.3) is 0 Å². The number of aromatic hydroxyl groups is 1. The van der Waals surface area contributed by atoms with Crippen molar-refractivity contribution in [3.8, 4) is 5.75 Å². The summed E-state index contributed by atoms with van der Waals surface area (Å²) < 4.78 is 0. The van der Waals surface area contributed by atoms with E-state index in [-0.39, 0.29) is 191 Å². The fraction of sp³-hybridized carbons (Fsp3) is 0.597. The number of carboxylic acid groups (broad SMARTS) is 1. The van der Waals surface area contributed by atoms with E-state index in [0.29, 0.717) is 49.7 Å². The molecule has 118 heavy (non-hydrogen) atoms. The van der Waals surface area contributed by atoms with Gasteiger partial charge in [0, 0.05) is 88.8 Å². The highest BCUT2D eigenvalue weighted by atomic mass is 16.4. The van der Waals surface area contributed by atoms with Crippen molar-refractivity contribution in [3.05, 3.63) is 65.9 Å². The van der Waals surface area contributed by atoms with Gasteiger partial charge in [-0.05, 0) is 157 Å². The van der Waals surface area contributed by atoms with Crippen molar-refractivity contribution < 1.29 is 72.5 Å². The Hall–Kier alpha value is -12.1. The van der Waals surface area contributed by atoms with E-state index in [1.165, 1.54) is 36.6 Å². The van der Waals surface area contributed by atoms with Gasteiger partial charge in [-0.2, -0.15) is 0 Å². The molecule has 28 N–H and O–H groups in total. The lowest BCUT2D eigenvalue weighted by Gasteiger charge is -2.36. The molecule has 5 aliphatic heterocycles. The number of aromatic nitrogens is 1. The molecule has 0 saturated carbocycles. The van der Waals surface area contributed by atoms with Crippen molar-refractivity contribution >= 4 is 112 Å². The van der Waals surface area contributed by atoms with Gasteiger partial charge in [0.2, 0.25) is 70.9 Å². The molecular weight excluding hydrogens is 1530 g/mol. The maximum Gasteiger partial charge on any atom is 0.322 e. The number of carboxylic acids is 1. The van der Waals surface area contributed by atoms with Crippen LogP contribution in [0.25, 0.3) is 10.9 Å². The molecular formula is C77H118N26O15. The van der Waals surface area contributed by atoms with E-state index in [1.54, 1.807) is 24.4 Å². The number of hydrogen-bond donors (Lipinski definition) is 23. The van der Waals surface area contributed by atoms with Crippen molar-refractivity contribution in [2.24, 2.45) is 34.6 Å². The third kappa shape index (κ3) is 26.2. The van der Waals surface area contributed by atoms with Gasteiger partial charge in [-0.25, -0.2) is 0 Å². The number of amides is 12. The highest BCUT2D eigenvalue weighted by Gasteiger charge is 2.49. The number of phenolic OH excluding ortho intramolecular Hbond substituents is 1. The Balaban J connectivity index is 0.943. The summed E-state index contributed by atoms with van der Waals surface area (Å²) >= 11 is 0. The number of nitrogens with one attached hydrogen (secondary N) is 16. The fourth-order valence-electron chi connectivity index (χ4n) is 15.9. The second-order valence-corrected chi connectivity index (χ2v) is 31.0. The Kier molecular flexibility index (Phi) is 34.3. The predicted octanol–water partition coefficient (Wildman–Crippen LogP) is -3.85. The summed E-state index contributed by atoms with van der Waals surface area (Å²) in [5, 5.41) is 80.5. The number of guanidine groups is 4. The molecule has 0 spiro atoms. The number of nitrogens with zero attached hydrogens (tertiary/aromatic N) is 5. The molecule has 5 fully saturated rings. The first-order valence-corrected chi connectivity index (χ1v) is 40.5. The first-order valence-electron chi connectivity index (χ1n) is 40.5. The number of carbonyl (C=O) groups excluding carboxylic acids is 12. The van der Waals surface area contributed by atoms with Crippen molar-refractivity contribution in [1.82, 2.24) is 88.0 Å². The number of hydrogen-bond acceptors (Lipinski definition) is 19. The molecule has 646 valence electrons. The Bertz CT molecular complexity index is 4110. The standard InChI is InChI=1S/C77H118N26O15/c1-43(2)38-55(70(115)99-33-9-20-56(99)67(112)94-51(18-7-31-89-76(83)84)65(110)96-54(63(108)92-42-61(105)106)40-45-41-91-49-16-4-3-14-47(45)49)98-66(111)53(39-44-25-27-46(104)28-26-44)97-68(113)57-21-10-34-100(57)71(116)59-23-12-36-102(59)73(118)60-24-13-37-103(60)72(117)58-22-11-35-101(58)69(114)52(19-8-32-90-77(85)86)95-64(109)50(17-6-30-88-75(81)82)93-62(107)48(78)15-5-29-87-74(79)80/h3-4,14,16,25-28,41,43,48,50-60,91,104H,5-13,15,17-24,29-40,42,78H2,1-2H3,(H,92,108)(H,93,107)(H,94,112)(H,95,109)(H,96,110)(H,97,113)(H,98,111)(H,105,106)(H4,79,80,87)(H4,81,82,88)(H4,83,84,89)(H4,85,86,90)/t48-,50-,51-,52-,53-,54-,55-,56-,57-,58-,59-,60-/m0/s1. The minimum atomic E-state index is -1.41. The van der Waals surface area contributed by atoms with Crippen LogP contribution in [0.4, 0.5) is 0 Å². The van der Waals surface area contributed by atoms with Gasteiger partial charge >= 0.3 is 5.97 Å². The summed E-state index contributed by atoms with van der Waals surface area (Å²) in [4.78, 5) is 198. The van der Waals surface area contributed by atoms with Crippen molar-refractivity contribution in [3.63, 3.8) is 0 Å². The molecule has 6 heterocycles. The highest BCUT2D eigenvalue weighted by Crippen LogP contribution is 2.32. The molecule has 2 aromatic carbocycles. The number of benzene rings is 2. The maximum atomic E-state index is 15.1. The number of rotatable bonds is 42. The molecule has 5 saturated heterocycles. The zero-order chi connectivity index (χ0) is 85.9. The number of nitrogens with two attached hydrogens (primary N) is 5. The smallest absolute Gasteiger partial charge is 0.322 e. The number of fused-ring (bicyclic) bond motifs is 1. The van der Waals surface area contributed by atoms with Gasteiger partial charge in [0.05, 0.1) is 6.04 Å². The van der Waals surface area contributed by atoms with Gasteiger partial charge in [-0.15, -0.1) is 0 Å². The Morgan fingerprint density at radius 3 is 1.33 bits per heavy atom. The van der Waals surface area contributed by atoms with Crippen LogP contribution >= 0.6 is 0 Å². The largest absolute Gasteiger partial charge is 0.508 e. The average Bonchev–Trinajstić information content (AvgIpc) is 1.63. The Morgan fingerprint density at radius 2 is 0.831 bits per heavy atom. The second-order valence-electron chi connectivity index (χ2n) is 31.0. The highest BCUT2D eigenvalue weighted by molar-refractivity contribution is 6.01.